The summed E-state index contributed by atoms with van der Waals surface area (Å²) in [5.41, 5.74) is 1.84. The lowest BCUT2D eigenvalue weighted by atomic mass is 9.94. The van der Waals surface area contributed by atoms with Crippen LogP contribution >= 0.6 is 0 Å². The Hall–Kier alpha value is -2.15. The highest BCUT2D eigenvalue weighted by Crippen LogP contribution is 2.19. The fourth-order valence-electron chi connectivity index (χ4n) is 1.65. The van der Waals surface area contributed by atoms with Gasteiger partial charge in [0.1, 0.15) is 6.29 Å². The van der Waals surface area contributed by atoms with E-state index in [1.54, 1.807) is 6.07 Å². The van der Waals surface area contributed by atoms with Crippen molar-refractivity contribution in [1.82, 2.24) is 0 Å². The highest BCUT2D eigenvalue weighted by molar-refractivity contribution is 5.80. The summed E-state index contributed by atoms with van der Waals surface area (Å²) in [7, 11) is 0. The summed E-state index contributed by atoms with van der Waals surface area (Å²) in [6.45, 7) is 1.83. The van der Waals surface area contributed by atoms with Crippen LogP contribution in [0, 0.1) is 11.3 Å². The van der Waals surface area contributed by atoms with Gasteiger partial charge in [-0.2, -0.15) is 5.26 Å². The summed E-state index contributed by atoms with van der Waals surface area (Å²) >= 11 is 0. The molecule has 0 unspecified atom stereocenters. The van der Waals surface area contributed by atoms with Crippen LogP contribution in [0.15, 0.2) is 12.1 Å². The fourth-order valence-corrected chi connectivity index (χ4v) is 1.65. The lowest BCUT2D eigenvalue weighted by Crippen LogP contribution is -2.06. The number of benzene rings is 1. The zero-order chi connectivity index (χ0) is 12.1. The van der Waals surface area contributed by atoms with E-state index in [0.717, 1.165) is 0 Å². The zero-order valence-electron chi connectivity index (χ0n) is 8.86. The number of carboxylic acid groups (broad SMARTS) is 1. The Morgan fingerprint density at radius 3 is 2.69 bits per heavy atom. The van der Waals surface area contributed by atoms with E-state index in [9.17, 15) is 9.59 Å². The van der Waals surface area contributed by atoms with Gasteiger partial charge < -0.3 is 5.11 Å². The Kier molecular flexibility index (Phi) is 3.78. The molecule has 0 aliphatic rings. The average Bonchev–Trinajstić information content (AvgIpc) is 2.27. The first kappa shape index (κ1) is 11.9. The monoisotopic (exact) mass is 217 g/mol. The smallest absolute Gasteiger partial charge is 0.307 e. The summed E-state index contributed by atoms with van der Waals surface area (Å²) in [5.74, 6) is -0.989. The molecule has 1 aromatic rings. The molecule has 0 bridgehead atoms. The van der Waals surface area contributed by atoms with Crippen molar-refractivity contribution < 1.29 is 14.7 Å². The molecule has 0 heterocycles. The quantitative estimate of drug-likeness (QED) is 0.776. The topological polar surface area (TPSA) is 78.2 Å². The minimum Gasteiger partial charge on any atom is -0.481 e. The van der Waals surface area contributed by atoms with Gasteiger partial charge >= 0.3 is 5.97 Å². The highest BCUT2D eigenvalue weighted by atomic mass is 16.4. The molecule has 0 aliphatic carbocycles. The van der Waals surface area contributed by atoms with Gasteiger partial charge in [0, 0.05) is 5.56 Å². The molecule has 0 saturated heterocycles. The fraction of sp³-hybridized carbons (Fsp3) is 0.250. The predicted molar refractivity (Wildman–Crippen MR) is 57.3 cm³/mol. The van der Waals surface area contributed by atoms with E-state index in [0.29, 0.717) is 35.0 Å². The first-order chi connectivity index (χ1) is 7.63. The van der Waals surface area contributed by atoms with E-state index in [-0.39, 0.29) is 6.42 Å². The highest BCUT2D eigenvalue weighted by Gasteiger charge is 2.13. The number of hydrogen-bond acceptors (Lipinski definition) is 3. The first-order valence-corrected chi connectivity index (χ1v) is 4.85. The summed E-state index contributed by atoms with van der Waals surface area (Å²) < 4.78 is 0. The van der Waals surface area contributed by atoms with E-state index < -0.39 is 5.97 Å². The normalized spacial score (nSPS) is 9.50. The Labute approximate surface area is 93.1 Å². The number of carbonyl (C=O) groups is 2. The van der Waals surface area contributed by atoms with E-state index in [1.165, 1.54) is 6.07 Å². The zero-order valence-corrected chi connectivity index (χ0v) is 8.86. The van der Waals surface area contributed by atoms with Gasteiger partial charge in [0.15, 0.2) is 0 Å². The molecule has 1 aromatic carbocycles. The number of rotatable bonds is 4. The van der Waals surface area contributed by atoms with Gasteiger partial charge in [-0.1, -0.05) is 19.1 Å². The van der Waals surface area contributed by atoms with Crippen molar-refractivity contribution >= 4 is 12.3 Å². The van der Waals surface area contributed by atoms with Gasteiger partial charge in [0.25, 0.3) is 0 Å². The van der Waals surface area contributed by atoms with Gasteiger partial charge in [-0.25, -0.2) is 0 Å². The van der Waals surface area contributed by atoms with Crippen molar-refractivity contribution in [2.75, 3.05) is 0 Å². The number of aliphatic carboxylic acids is 1. The van der Waals surface area contributed by atoms with Gasteiger partial charge in [-0.15, -0.1) is 0 Å². The minimum absolute atomic E-state index is 0.199. The standard InChI is InChI=1S/C12H11NO3/c1-2-10-9(7-14)4-3-8(5-12(15)16)11(10)6-13/h3-4,7H,2,5H2,1H3,(H,15,16). The molecule has 0 radical (unpaired) electrons. The molecule has 0 aromatic heterocycles. The molecule has 0 amide bonds. The predicted octanol–water partition coefficient (Wildman–Crippen LogP) is 1.56. The van der Waals surface area contributed by atoms with Gasteiger partial charge in [-0.3, -0.25) is 9.59 Å². The van der Waals surface area contributed by atoms with E-state index in [1.807, 2.05) is 13.0 Å². The number of carbonyl (C=O) groups excluding carboxylic acids is 1. The third kappa shape index (κ3) is 2.26. The third-order valence-corrected chi connectivity index (χ3v) is 2.37. The van der Waals surface area contributed by atoms with Gasteiger partial charge in [0.05, 0.1) is 18.1 Å². The molecule has 4 nitrogen and oxygen atoms in total. The second-order valence-corrected chi connectivity index (χ2v) is 3.32. The maximum absolute atomic E-state index is 10.8. The van der Waals surface area contributed by atoms with Crippen LogP contribution in [-0.4, -0.2) is 17.4 Å². The van der Waals surface area contributed by atoms with Crippen LogP contribution < -0.4 is 0 Å². The molecule has 1 N–H and O–H groups in total. The molecule has 4 heteroatoms. The molecule has 0 fully saturated rings. The van der Waals surface area contributed by atoms with Crippen molar-refractivity contribution in [3.63, 3.8) is 0 Å². The maximum atomic E-state index is 10.8. The number of carboxylic acids is 1. The van der Waals surface area contributed by atoms with E-state index in [4.69, 9.17) is 10.4 Å². The second-order valence-electron chi connectivity index (χ2n) is 3.32. The van der Waals surface area contributed by atoms with Crippen LogP contribution in [0.4, 0.5) is 0 Å². The van der Waals surface area contributed by atoms with E-state index in [2.05, 4.69) is 0 Å². The van der Waals surface area contributed by atoms with Crippen molar-refractivity contribution in [3.05, 3.63) is 34.4 Å². The summed E-state index contributed by atoms with van der Waals surface area (Å²) in [6.07, 6.45) is 1.02. The number of hydrogen-bond donors (Lipinski definition) is 1. The molecule has 0 spiro atoms. The van der Waals surface area contributed by atoms with Crippen LogP contribution in [0.1, 0.15) is 34.0 Å². The van der Waals surface area contributed by atoms with Gasteiger partial charge in [0.2, 0.25) is 0 Å². The Balaban J connectivity index is 3.38. The van der Waals surface area contributed by atoms with Crippen molar-refractivity contribution in [1.29, 1.82) is 5.26 Å². The minimum atomic E-state index is -0.989. The first-order valence-electron chi connectivity index (χ1n) is 4.85. The van der Waals surface area contributed by atoms with Crippen LogP contribution in [-0.2, 0) is 17.6 Å². The maximum Gasteiger partial charge on any atom is 0.307 e. The van der Waals surface area contributed by atoms with Crippen LogP contribution in [0.2, 0.25) is 0 Å². The lowest BCUT2D eigenvalue weighted by molar-refractivity contribution is -0.136. The number of aldehydes is 1. The van der Waals surface area contributed by atoms with Crippen molar-refractivity contribution in [2.24, 2.45) is 0 Å². The molecule has 0 saturated carbocycles. The van der Waals surface area contributed by atoms with Crippen LogP contribution in [0.5, 0.6) is 0 Å². The lowest BCUT2D eigenvalue weighted by Gasteiger charge is -2.08. The number of nitrogens with zero attached hydrogens (tertiary/aromatic N) is 1. The van der Waals surface area contributed by atoms with Gasteiger partial charge in [-0.05, 0) is 17.5 Å². The molecule has 16 heavy (non-hydrogen) atoms. The summed E-state index contributed by atoms with van der Waals surface area (Å²) in [4.78, 5) is 21.4. The Morgan fingerprint density at radius 2 is 2.25 bits per heavy atom. The average molecular weight is 217 g/mol. The van der Waals surface area contributed by atoms with Crippen molar-refractivity contribution in [3.8, 4) is 6.07 Å². The largest absolute Gasteiger partial charge is 0.481 e. The Morgan fingerprint density at radius 1 is 1.56 bits per heavy atom. The number of nitriles is 1. The molecule has 0 aliphatic heterocycles. The molecule has 82 valence electrons. The SMILES string of the molecule is CCc1c(C=O)ccc(CC(=O)O)c1C#N. The van der Waals surface area contributed by atoms with Crippen LogP contribution in [0.3, 0.4) is 0 Å². The van der Waals surface area contributed by atoms with E-state index >= 15 is 0 Å². The van der Waals surface area contributed by atoms with Crippen LogP contribution in [0.25, 0.3) is 0 Å². The second kappa shape index (κ2) is 5.08. The van der Waals surface area contributed by atoms with Crippen molar-refractivity contribution in [2.45, 2.75) is 19.8 Å². The molecular weight excluding hydrogens is 206 g/mol. The molecule has 0 atom stereocenters. The molecular formula is C12H11NO3. The Bertz CT molecular complexity index is 472. The molecule has 1 rings (SSSR count). The summed E-state index contributed by atoms with van der Waals surface area (Å²) in [6, 6.07) is 5.06. The summed E-state index contributed by atoms with van der Waals surface area (Å²) in [5, 5.41) is 17.7. The third-order valence-electron chi connectivity index (χ3n) is 2.37.